The lowest BCUT2D eigenvalue weighted by molar-refractivity contribution is -0.156. The first-order valence-corrected chi connectivity index (χ1v) is 6.61. The Labute approximate surface area is 107 Å². The number of β-amino-alcohol motifs (C(OH)–C–C–N with tert-alkyl or cyclic N) is 1. The largest absolute Gasteiger partial charge is 0.390 e. The summed E-state index contributed by atoms with van der Waals surface area (Å²) in [6, 6.07) is 0.536. The van der Waals surface area contributed by atoms with Gasteiger partial charge in [-0.2, -0.15) is 0 Å². The number of rotatable bonds is 6. The number of carbonyl (C=O) groups excluding carboxylic acids is 2. The van der Waals surface area contributed by atoms with Gasteiger partial charge >= 0.3 is 11.8 Å². The standard InChI is InChI=1S/C12H21N3O3/c1-2-14-5-6-15(12(18)11(14)17)8-10(16)7-13-9-3-4-9/h9-10,13,16H,2-8H2,1H3. The molecule has 1 saturated heterocycles. The Morgan fingerprint density at radius 3 is 2.50 bits per heavy atom. The number of likely N-dealkylation sites (N-methyl/N-ethyl adjacent to an activating group) is 1. The Hall–Kier alpha value is -1.14. The number of aliphatic hydroxyl groups excluding tert-OH is 1. The lowest BCUT2D eigenvalue weighted by Gasteiger charge is -2.34. The number of hydrogen-bond donors (Lipinski definition) is 2. The third-order valence-electron chi connectivity index (χ3n) is 3.43. The van der Waals surface area contributed by atoms with E-state index in [1.807, 2.05) is 6.92 Å². The number of amides is 2. The highest BCUT2D eigenvalue weighted by Gasteiger charge is 2.32. The molecule has 0 bridgehead atoms. The molecule has 2 N–H and O–H groups in total. The maximum absolute atomic E-state index is 11.8. The maximum atomic E-state index is 11.8. The normalized spacial score (nSPS) is 22.6. The molecule has 1 saturated carbocycles. The fourth-order valence-corrected chi connectivity index (χ4v) is 2.10. The summed E-state index contributed by atoms with van der Waals surface area (Å²) in [5.74, 6) is -0.945. The van der Waals surface area contributed by atoms with Crippen LogP contribution in [0.5, 0.6) is 0 Å². The third-order valence-corrected chi connectivity index (χ3v) is 3.43. The average molecular weight is 255 g/mol. The Morgan fingerprint density at radius 1 is 1.28 bits per heavy atom. The SMILES string of the molecule is CCN1CCN(CC(O)CNC2CC2)C(=O)C1=O. The van der Waals surface area contributed by atoms with Gasteiger partial charge in [0.25, 0.3) is 0 Å². The van der Waals surface area contributed by atoms with Crippen LogP contribution in [0.3, 0.4) is 0 Å². The van der Waals surface area contributed by atoms with E-state index in [1.54, 1.807) is 0 Å². The minimum Gasteiger partial charge on any atom is -0.390 e. The van der Waals surface area contributed by atoms with Crippen LogP contribution < -0.4 is 5.32 Å². The van der Waals surface area contributed by atoms with E-state index in [1.165, 1.54) is 22.6 Å². The molecule has 1 aliphatic heterocycles. The molecule has 2 rings (SSSR count). The molecule has 18 heavy (non-hydrogen) atoms. The number of aliphatic hydroxyl groups is 1. The van der Waals surface area contributed by atoms with E-state index in [0.717, 1.165) is 0 Å². The monoisotopic (exact) mass is 255 g/mol. The van der Waals surface area contributed by atoms with Crippen molar-refractivity contribution in [3.8, 4) is 0 Å². The van der Waals surface area contributed by atoms with Crippen LogP contribution in [0.25, 0.3) is 0 Å². The van der Waals surface area contributed by atoms with Gasteiger partial charge in [-0.05, 0) is 19.8 Å². The molecule has 0 aromatic rings. The number of piperazine rings is 1. The highest BCUT2D eigenvalue weighted by Crippen LogP contribution is 2.18. The molecule has 1 heterocycles. The molecule has 0 aromatic carbocycles. The Bertz CT molecular complexity index is 331. The summed E-state index contributed by atoms with van der Waals surface area (Å²) >= 11 is 0. The van der Waals surface area contributed by atoms with Crippen LogP contribution in [0.4, 0.5) is 0 Å². The molecule has 0 radical (unpaired) electrons. The van der Waals surface area contributed by atoms with Gasteiger partial charge in [-0.25, -0.2) is 0 Å². The molecule has 6 heteroatoms. The Kier molecular flexibility index (Phi) is 4.19. The lowest BCUT2D eigenvalue weighted by Crippen LogP contribution is -2.56. The fourth-order valence-electron chi connectivity index (χ4n) is 2.10. The third kappa shape index (κ3) is 3.20. The molecule has 1 unspecified atom stereocenters. The predicted molar refractivity (Wildman–Crippen MR) is 65.9 cm³/mol. The summed E-state index contributed by atoms with van der Waals surface area (Å²) in [7, 11) is 0. The van der Waals surface area contributed by atoms with E-state index in [4.69, 9.17) is 0 Å². The smallest absolute Gasteiger partial charge is 0.312 e. The quantitative estimate of drug-likeness (QED) is 0.584. The summed E-state index contributed by atoms with van der Waals surface area (Å²) in [5.41, 5.74) is 0. The molecule has 2 amide bonds. The van der Waals surface area contributed by atoms with Crippen molar-refractivity contribution >= 4 is 11.8 Å². The van der Waals surface area contributed by atoms with Crippen molar-refractivity contribution in [1.29, 1.82) is 0 Å². The van der Waals surface area contributed by atoms with Gasteiger partial charge in [0, 0.05) is 38.8 Å². The molecule has 2 fully saturated rings. The lowest BCUT2D eigenvalue weighted by atomic mass is 10.2. The molecule has 1 atom stereocenters. The van der Waals surface area contributed by atoms with Crippen LogP contribution in [0.1, 0.15) is 19.8 Å². The van der Waals surface area contributed by atoms with E-state index in [-0.39, 0.29) is 6.54 Å². The second-order valence-electron chi connectivity index (χ2n) is 4.97. The van der Waals surface area contributed by atoms with Crippen molar-refractivity contribution in [2.24, 2.45) is 0 Å². The van der Waals surface area contributed by atoms with Gasteiger partial charge in [0.05, 0.1) is 6.10 Å². The Morgan fingerprint density at radius 2 is 1.89 bits per heavy atom. The maximum Gasteiger partial charge on any atom is 0.312 e. The summed E-state index contributed by atoms with van der Waals surface area (Å²) in [4.78, 5) is 26.4. The zero-order valence-corrected chi connectivity index (χ0v) is 10.8. The molecular weight excluding hydrogens is 234 g/mol. The van der Waals surface area contributed by atoms with Crippen molar-refractivity contribution in [3.05, 3.63) is 0 Å². The van der Waals surface area contributed by atoms with Gasteiger partial charge in [0.15, 0.2) is 0 Å². The van der Waals surface area contributed by atoms with Gasteiger partial charge in [0.2, 0.25) is 0 Å². The number of nitrogens with one attached hydrogen (secondary N) is 1. The summed E-state index contributed by atoms with van der Waals surface area (Å²) in [6.07, 6.45) is 1.73. The molecule has 2 aliphatic rings. The zero-order valence-electron chi connectivity index (χ0n) is 10.8. The van der Waals surface area contributed by atoms with Crippen LogP contribution in [0, 0.1) is 0 Å². The van der Waals surface area contributed by atoms with Crippen molar-refractivity contribution < 1.29 is 14.7 Å². The van der Waals surface area contributed by atoms with Crippen molar-refractivity contribution in [1.82, 2.24) is 15.1 Å². The van der Waals surface area contributed by atoms with Gasteiger partial charge in [0.1, 0.15) is 0 Å². The van der Waals surface area contributed by atoms with Crippen molar-refractivity contribution in [2.75, 3.05) is 32.7 Å². The number of nitrogens with zero attached hydrogens (tertiary/aromatic N) is 2. The van der Waals surface area contributed by atoms with E-state index >= 15 is 0 Å². The molecule has 0 aromatic heterocycles. The second kappa shape index (κ2) is 5.67. The summed E-state index contributed by atoms with van der Waals surface area (Å²) in [5, 5.41) is 13.0. The highest BCUT2D eigenvalue weighted by molar-refractivity contribution is 6.35. The van der Waals surface area contributed by atoms with Crippen molar-refractivity contribution in [3.63, 3.8) is 0 Å². The minimum atomic E-state index is -0.601. The van der Waals surface area contributed by atoms with Crippen LogP contribution in [0.15, 0.2) is 0 Å². The van der Waals surface area contributed by atoms with Crippen LogP contribution in [-0.4, -0.2) is 71.6 Å². The molecule has 6 nitrogen and oxygen atoms in total. The first kappa shape index (κ1) is 13.3. The van der Waals surface area contributed by atoms with Gasteiger partial charge in [-0.1, -0.05) is 0 Å². The van der Waals surface area contributed by atoms with E-state index in [0.29, 0.717) is 32.2 Å². The van der Waals surface area contributed by atoms with E-state index in [9.17, 15) is 14.7 Å². The fraction of sp³-hybridized carbons (Fsp3) is 0.833. The van der Waals surface area contributed by atoms with Gasteiger partial charge in [-0.15, -0.1) is 0 Å². The average Bonchev–Trinajstić information content (AvgIpc) is 3.17. The highest BCUT2D eigenvalue weighted by atomic mass is 16.3. The van der Waals surface area contributed by atoms with Gasteiger partial charge in [-0.3, -0.25) is 9.59 Å². The van der Waals surface area contributed by atoms with Crippen LogP contribution in [-0.2, 0) is 9.59 Å². The molecular formula is C12H21N3O3. The Balaban J connectivity index is 1.77. The summed E-state index contributed by atoms with van der Waals surface area (Å²) < 4.78 is 0. The molecule has 1 aliphatic carbocycles. The first-order chi connectivity index (χ1) is 8.61. The van der Waals surface area contributed by atoms with Crippen LogP contribution >= 0.6 is 0 Å². The predicted octanol–water partition coefficient (Wildman–Crippen LogP) is -1.21. The molecule has 102 valence electrons. The second-order valence-corrected chi connectivity index (χ2v) is 4.97. The molecule has 0 spiro atoms. The topological polar surface area (TPSA) is 72.9 Å². The zero-order chi connectivity index (χ0) is 13.1. The minimum absolute atomic E-state index is 0.238. The number of hydrogen-bond acceptors (Lipinski definition) is 4. The first-order valence-electron chi connectivity index (χ1n) is 6.61. The number of carbonyl (C=O) groups is 2. The van der Waals surface area contributed by atoms with Gasteiger partial charge < -0.3 is 20.2 Å². The summed E-state index contributed by atoms with van der Waals surface area (Å²) in [6.45, 7) is 4.21. The van der Waals surface area contributed by atoms with E-state index < -0.39 is 17.9 Å². The van der Waals surface area contributed by atoms with E-state index in [2.05, 4.69) is 5.32 Å². The van der Waals surface area contributed by atoms with Crippen LogP contribution in [0.2, 0.25) is 0 Å². The van der Waals surface area contributed by atoms with Crippen molar-refractivity contribution in [2.45, 2.75) is 31.9 Å².